The number of Topliss-reactive ketones (excluding diaryl/α,β-unsaturated/α-hetero) is 1. The van der Waals surface area contributed by atoms with E-state index < -0.39 is 0 Å². The number of aromatic nitrogens is 2. The summed E-state index contributed by atoms with van der Waals surface area (Å²) >= 11 is 0. The van der Waals surface area contributed by atoms with Crippen molar-refractivity contribution in [3.63, 3.8) is 0 Å². The predicted molar refractivity (Wildman–Crippen MR) is 54.3 cm³/mol. The van der Waals surface area contributed by atoms with E-state index in [1.165, 1.54) is 0 Å². The van der Waals surface area contributed by atoms with Crippen LogP contribution in [0.1, 0.15) is 18.4 Å². The zero-order valence-electron chi connectivity index (χ0n) is 8.32. The molecule has 2 aromatic rings. The second kappa shape index (κ2) is 3.25. The van der Waals surface area contributed by atoms with E-state index in [4.69, 9.17) is 0 Å². The van der Waals surface area contributed by atoms with Crippen molar-refractivity contribution >= 4 is 11.3 Å². The number of carbonyl (C=O) groups excluding carboxylic acids is 1. The van der Waals surface area contributed by atoms with Crippen molar-refractivity contribution in [3.05, 3.63) is 35.9 Å². The summed E-state index contributed by atoms with van der Waals surface area (Å²) in [6.45, 7) is 3.53. The highest BCUT2D eigenvalue weighted by Crippen LogP contribution is 2.12. The van der Waals surface area contributed by atoms with E-state index in [1.54, 1.807) is 6.92 Å². The van der Waals surface area contributed by atoms with Crippen molar-refractivity contribution in [1.29, 1.82) is 0 Å². The molecule has 0 amide bonds. The van der Waals surface area contributed by atoms with Crippen molar-refractivity contribution in [3.8, 4) is 0 Å². The van der Waals surface area contributed by atoms with E-state index in [9.17, 15) is 4.79 Å². The van der Waals surface area contributed by atoms with Crippen molar-refractivity contribution in [2.75, 3.05) is 0 Å². The van der Waals surface area contributed by atoms with Gasteiger partial charge in [-0.2, -0.15) is 0 Å². The normalized spacial score (nSPS) is 10.7. The highest BCUT2D eigenvalue weighted by atomic mass is 16.1. The number of pyridine rings is 1. The SMILES string of the molecule is CC(=O)Cc1nc(C)n2ccccc12. The minimum atomic E-state index is 0.147. The molecule has 0 radical (unpaired) electrons. The molecule has 0 aliphatic rings. The van der Waals surface area contributed by atoms with E-state index in [0.717, 1.165) is 17.0 Å². The van der Waals surface area contributed by atoms with Gasteiger partial charge in [-0.25, -0.2) is 4.98 Å². The van der Waals surface area contributed by atoms with Gasteiger partial charge in [0.2, 0.25) is 0 Å². The third-order valence-corrected chi connectivity index (χ3v) is 2.22. The average Bonchev–Trinajstić information content (AvgIpc) is 2.44. The first-order valence-corrected chi connectivity index (χ1v) is 4.60. The molecule has 0 aromatic carbocycles. The third kappa shape index (κ3) is 1.41. The molecule has 0 saturated heterocycles. The molecule has 2 aromatic heterocycles. The lowest BCUT2D eigenvalue weighted by Crippen LogP contribution is -1.96. The molecule has 3 nitrogen and oxygen atoms in total. The van der Waals surface area contributed by atoms with Crippen LogP contribution in [0.5, 0.6) is 0 Å². The summed E-state index contributed by atoms with van der Waals surface area (Å²) in [4.78, 5) is 15.4. The van der Waals surface area contributed by atoms with Gasteiger partial charge >= 0.3 is 0 Å². The summed E-state index contributed by atoms with van der Waals surface area (Å²) in [5, 5.41) is 0. The van der Waals surface area contributed by atoms with Crippen LogP contribution in [-0.2, 0) is 11.2 Å². The molecule has 0 fully saturated rings. The fourth-order valence-electron chi connectivity index (χ4n) is 1.63. The Balaban J connectivity index is 2.60. The summed E-state index contributed by atoms with van der Waals surface area (Å²) in [5.74, 6) is 1.07. The van der Waals surface area contributed by atoms with Gasteiger partial charge in [0.1, 0.15) is 11.6 Å². The van der Waals surface area contributed by atoms with Gasteiger partial charge in [-0.3, -0.25) is 4.79 Å². The number of hydrogen-bond acceptors (Lipinski definition) is 2. The third-order valence-electron chi connectivity index (χ3n) is 2.22. The van der Waals surface area contributed by atoms with E-state index in [-0.39, 0.29) is 5.78 Å². The molecule has 14 heavy (non-hydrogen) atoms. The largest absolute Gasteiger partial charge is 0.304 e. The molecule has 2 heterocycles. The summed E-state index contributed by atoms with van der Waals surface area (Å²) in [6.07, 6.45) is 2.38. The molecule has 0 bridgehead atoms. The number of rotatable bonds is 2. The molecule has 0 aliphatic heterocycles. The number of ketones is 1. The fraction of sp³-hybridized carbons (Fsp3) is 0.273. The molecule has 3 heteroatoms. The molecule has 0 aliphatic carbocycles. The first kappa shape index (κ1) is 8.94. The van der Waals surface area contributed by atoms with Gasteiger partial charge < -0.3 is 4.40 Å². The maximum Gasteiger partial charge on any atom is 0.135 e. The number of imidazole rings is 1. The van der Waals surface area contributed by atoms with Gasteiger partial charge in [-0.05, 0) is 26.0 Å². The highest BCUT2D eigenvalue weighted by molar-refractivity contribution is 5.80. The number of fused-ring (bicyclic) bond motifs is 1. The number of hydrogen-bond donors (Lipinski definition) is 0. The molecular weight excluding hydrogens is 176 g/mol. The molecule has 0 spiro atoms. The molecular formula is C11H12N2O. The number of carbonyl (C=O) groups is 1. The smallest absolute Gasteiger partial charge is 0.135 e. The van der Waals surface area contributed by atoms with Crippen molar-refractivity contribution < 1.29 is 4.79 Å². The maximum atomic E-state index is 11.0. The summed E-state index contributed by atoms with van der Waals surface area (Å²) in [5.41, 5.74) is 1.90. The van der Waals surface area contributed by atoms with Gasteiger partial charge in [0, 0.05) is 6.20 Å². The monoisotopic (exact) mass is 188 g/mol. The van der Waals surface area contributed by atoms with Crippen LogP contribution in [0, 0.1) is 6.92 Å². The second-order valence-corrected chi connectivity index (χ2v) is 3.44. The Bertz CT molecular complexity index is 485. The summed E-state index contributed by atoms with van der Waals surface area (Å²) in [6, 6.07) is 5.90. The van der Waals surface area contributed by atoms with E-state index in [1.807, 2.05) is 35.7 Å². The average molecular weight is 188 g/mol. The van der Waals surface area contributed by atoms with E-state index >= 15 is 0 Å². The van der Waals surface area contributed by atoms with Crippen LogP contribution in [-0.4, -0.2) is 15.2 Å². The Morgan fingerprint density at radius 3 is 3.00 bits per heavy atom. The quantitative estimate of drug-likeness (QED) is 0.719. The molecule has 0 saturated carbocycles. The molecule has 2 rings (SSSR count). The second-order valence-electron chi connectivity index (χ2n) is 3.44. The maximum absolute atomic E-state index is 11.0. The minimum absolute atomic E-state index is 0.147. The highest BCUT2D eigenvalue weighted by Gasteiger charge is 2.08. The van der Waals surface area contributed by atoms with Crippen LogP contribution in [0.4, 0.5) is 0 Å². The Morgan fingerprint density at radius 2 is 2.29 bits per heavy atom. The van der Waals surface area contributed by atoms with Crippen molar-refractivity contribution in [2.24, 2.45) is 0 Å². The topological polar surface area (TPSA) is 34.4 Å². The van der Waals surface area contributed by atoms with Gasteiger partial charge in [-0.15, -0.1) is 0 Å². The van der Waals surface area contributed by atoms with Gasteiger partial charge in [0.15, 0.2) is 0 Å². The van der Waals surface area contributed by atoms with Crippen LogP contribution < -0.4 is 0 Å². The van der Waals surface area contributed by atoms with Crippen LogP contribution in [0.2, 0.25) is 0 Å². The Labute approximate surface area is 82.4 Å². The van der Waals surface area contributed by atoms with Crippen LogP contribution in [0.15, 0.2) is 24.4 Å². The molecule has 0 N–H and O–H groups in total. The Hall–Kier alpha value is -1.64. The van der Waals surface area contributed by atoms with Gasteiger partial charge in [0.05, 0.1) is 17.6 Å². The predicted octanol–water partition coefficient (Wildman–Crippen LogP) is 1.77. The van der Waals surface area contributed by atoms with Gasteiger partial charge in [0.25, 0.3) is 0 Å². The Kier molecular flexibility index (Phi) is 2.08. The molecule has 72 valence electrons. The fourth-order valence-corrected chi connectivity index (χ4v) is 1.63. The van der Waals surface area contributed by atoms with Crippen molar-refractivity contribution in [1.82, 2.24) is 9.38 Å². The number of nitrogens with zero attached hydrogens (tertiary/aromatic N) is 2. The number of aryl methyl sites for hydroxylation is 1. The first-order valence-electron chi connectivity index (χ1n) is 4.60. The molecule has 0 atom stereocenters. The van der Waals surface area contributed by atoms with E-state index in [2.05, 4.69) is 4.98 Å². The lowest BCUT2D eigenvalue weighted by atomic mass is 10.2. The summed E-state index contributed by atoms with van der Waals surface area (Å²) in [7, 11) is 0. The minimum Gasteiger partial charge on any atom is -0.304 e. The standard InChI is InChI=1S/C11H12N2O/c1-8(14)7-10-11-5-3-4-6-13(11)9(2)12-10/h3-6H,7H2,1-2H3. The zero-order chi connectivity index (χ0) is 10.1. The zero-order valence-corrected chi connectivity index (χ0v) is 8.32. The summed E-state index contributed by atoms with van der Waals surface area (Å²) < 4.78 is 2.00. The lowest BCUT2D eigenvalue weighted by molar-refractivity contribution is -0.116. The van der Waals surface area contributed by atoms with Crippen LogP contribution in [0.25, 0.3) is 5.52 Å². The van der Waals surface area contributed by atoms with E-state index in [0.29, 0.717) is 6.42 Å². The van der Waals surface area contributed by atoms with Crippen LogP contribution >= 0.6 is 0 Å². The molecule has 0 unspecified atom stereocenters. The van der Waals surface area contributed by atoms with Crippen molar-refractivity contribution in [2.45, 2.75) is 20.3 Å². The first-order chi connectivity index (χ1) is 6.68. The Morgan fingerprint density at radius 1 is 1.50 bits per heavy atom. The lowest BCUT2D eigenvalue weighted by Gasteiger charge is -1.95. The van der Waals surface area contributed by atoms with Gasteiger partial charge in [-0.1, -0.05) is 6.07 Å². The van der Waals surface area contributed by atoms with Crippen LogP contribution in [0.3, 0.4) is 0 Å².